The van der Waals surface area contributed by atoms with Gasteiger partial charge in [-0.05, 0) is 19.1 Å². The first-order valence-electron chi connectivity index (χ1n) is 7.58. The van der Waals surface area contributed by atoms with Crippen molar-refractivity contribution in [3.63, 3.8) is 0 Å². The van der Waals surface area contributed by atoms with E-state index < -0.39 is 5.91 Å². The number of nitrogens with two attached hydrogens (primary N) is 1. The van der Waals surface area contributed by atoms with Crippen molar-refractivity contribution in [3.8, 4) is 11.3 Å². The van der Waals surface area contributed by atoms with Crippen molar-refractivity contribution < 1.29 is 9.59 Å². The van der Waals surface area contributed by atoms with Crippen LogP contribution in [0, 0.1) is 6.92 Å². The summed E-state index contributed by atoms with van der Waals surface area (Å²) < 4.78 is 1.56. The fourth-order valence-electron chi connectivity index (χ4n) is 2.57. The highest BCUT2D eigenvalue weighted by Gasteiger charge is 2.19. The maximum Gasteiger partial charge on any atom is 0.265 e. The summed E-state index contributed by atoms with van der Waals surface area (Å²) in [4.78, 5) is 35.2. The Morgan fingerprint density at radius 2 is 2.23 bits per heavy atom. The number of fused-ring (bicyclic) bond motifs is 1. The molecule has 0 saturated carbocycles. The number of carbonyl (C=O) groups excluding carboxylic acids is 2. The van der Waals surface area contributed by atoms with Gasteiger partial charge >= 0.3 is 0 Å². The SMILES string of the molecule is Cc1nn2cccnc2c1C(=O)Nc1nc(-c2c[nH]c(C(N)=O)c2)cs1. The van der Waals surface area contributed by atoms with E-state index in [9.17, 15) is 9.59 Å². The monoisotopic (exact) mass is 367 g/mol. The van der Waals surface area contributed by atoms with Gasteiger partial charge < -0.3 is 10.7 Å². The molecule has 0 radical (unpaired) electrons. The topological polar surface area (TPSA) is 131 Å². The van der Waals surface area contributed by atoms with Gasteiger partial charge in [-0.2, -0.15) is 5.10 Å². The smallest absolute Gasteiger partial charge is 0.265 e. The fraction of sp³-hybridized carbons (Fsp3) is 0.0625. The van der Waals surface area contributed by atoms with Crippen molar-refractivity contribution in [2.45, 2.75) is 6.92 Å². The van der Waals surface area contributed by atoms with Gasteiger partial charge in [0, 0.05) is 29.5 Å². The highest BCUT2D eigenvalue weighted by Crippen LogP contribution is 2.26. The quantitative estimate of drug-likeness (QED) is 0.506. The number of nitrogens with zero attached hydrogens (tertiary/aromatic N) is 4. The van der Waals surface area contributed by atoms with Crippen LogP contribution in [-0.2, 0) is 0 Å². The summed E-state index contributed by atoms with van der Waals surface area (Å²) in [5, 5.41) is 9.26. The van der Waals surface area contributed by atoms with E-state index in [-0.39, 0.29) is 5.91 Å². The van der Waals surface area contributed by atoms with Gasteiger partial charge in [0.2, 0.25) is 0 Å². The summed E-state index contributed by atoms with van der Waals surface area (Å²) in [6.07, 6.45) is 4.98. The zero-order valence-electron chi connectivity index (χ0n) is 13.6. The Morgan fingerprint density at radius 1 is 1.38 bits per heavy atom. The normalized spacial score (nSPS) is 11.0. The Bertz CT molecular complexity index is 1140. The molecule has 0 atom stereocenters. The average molecular weight is 367 g/mol. The van der Waals surface area contributed by atoms with E-state index in [2.05, 4.69) is 25.4 Å². The molecule has 4 rings (SSSR count). The summed E-state index contributed by atoms with van der Waals surface area (Å²) in [7, 11) is 0. The molecule has 0 aromatic carbocycles. The number of primary amides is 1. The molecule has 0 aliphatic rings. The highest BCUT2D eigenvalue weighted by atomic mass is 32.1. The van der Waals surface area contributed by atoms with Gasteiger partial charge in [-0.3, -0.25) is 14.9 Å². The van der Waals surface area contributed by atoms with E-state index >= 15 is 0 Å². The number of hydrogen-bond donors (Lipinski definition) is 3. The van der Waals surface area contributed by atoms with E-state index in [1.165, 1.54) is 11.3 Å². The molecule has 0 fully saturated rings. The molecule has 4 heterocycles. The maximum absolute atomic E-state index is 12.6. The lowest BCUT2D eigenvalue weighted by Gasteiger charge is -2.00. The van der Waals surface area contributed by atoms with Gasteiger partial charge in [0.05, 0.1) is 11.4 Å². The van der Waals surface area contributed by atoms with E-state index in [0.717, 1.165) is 0 Å². The molecule has 4 aromatic heterocycles. The van der Waals surface area contributed by atoms with Crippen LogP contribution >= 0.6 is 11.3 Å². The van der Waals surface area contributed by atoms with Crippen molar-refractivity contribution in [2.24, 2.45) is 5.73 Å². The molecular weight excluding hydrogens is 354 g/mol. The van der Waals surface area contributed by atoms with Crippen molar-refractivity contribution in [1.82, 2.24) is 24.6 Å². The molecule has 0 unspecified atom stereocenters. The van der Waals surface area contributed by atoms with Crippen molar-refractivity contribution in [2.75, 3.05) is 5.32 Å². The van der Waals surface area contributed by atoms with Gasteiger partial charge in [0.25, 0.3) is 11.8 Å². The third-order valence-electron chi connectivity index (χ3n) is 3.77. The average Bonchev–Trinajstić information content (AvgIpc) is 3.31. The lowest BCUT2D eigenvalue weighted by Crippen LogP contribution is -2.13. The number of aryl methyl sites for hydroxylation is 1. The standard InChI is InChI=1S/C16H13N7O2S/c1-8-12(14-18-3-2-4-23(14)22-8)15(25)21-16-20-11(7-26-16)9-5-10(13(17)24)19-6-9/h2-7,19H,1H3,(H2,17,24)(H,20,21,25). The number of H-pyrrole nitrogens is 1. The molecule has 26 heavy (non-hydrogen) atoms. The minimum absolute atomic E-state index is 0.298. The van der Waals surface area contributed by atoms with Crippen molar-refractivity contribution in [3.05, 3.63) is 53.1 Å². The second-order valence-electron chi connectivity index (χ2n) is 5.51. The van der Waals surface area contributed by atoms with Crippen LogP contribution < -0.4 is 11.1 Å². The van der Waals surface area contributed by atoms with Crippen LogP contribution in [0.2, 0.25) is 0 Å². The van der Waals surface area contributed by atoms with Crippen molar-refractivity contribution >= 4 is 33.9 Å². The summed E-state index contributed by atoms with van der Waals surface area (Å²) in [6.45, 7) is 1.75. The number of thiazole rings is 1. The first kappa shape index (κ1) is 16.0. The first-order valence-corrected chi connectivity index (χ1v) is 8.46. The predicted octanol–water partition coefficient (Wildman–Crippen LogP) is 1.84. The Labute approximate surface area is 150 Å². The summed E-state index contributed by atoms with van der Waals surface area (Å²) in [5.41, 5.74) is 8.33. The van der Waals surface area contributed by atoms with Crippen LogP contribution in [0.4, 0.5) is 5.13 Å². The van der Waals surface area contributed by atoms with E-state index in [4.69, 9.17) is 5.73 Å². The zero-order chi connectivity index (χ0) is 18.3. The maximum atomic E-state index is 12.6. The first-order chi connectivity index (χ1) is 12.5. The molecule has 2 amide bonds. The number of rotatable bonds is 4. The Morgan fingerprint density at radius 3 is 3.00 bits per heavy atom. The summed E-state index contributed by atoms with van der Waals surface area (Å²) in [6, 6.07) is 3.35. The Kier molecular flexibility index (Phi) is 3.73. The molecule has 10 heteroatoms. The second-order valence-corrected chi connectivity index (χ2v) is 6.36. The fourth-order valence-corrected chi connectivity index (χ4v) is 3.29. The molecule has 0 bridgehead atoms. The van der Waals surface area contributed by atoms with Crippen molar-refractivity contribution in [1.29, 1.82) is 0 Å². The second kappa shape index (κ2) is 6.08. The number of aromatic amines is 1. The third kappa shape index (κ3) is 2.71. The van der Waals surface area contributed by atoms with Crippen LogP contribution in [0.3, 0.4) is 0 Å². The molecule has 0 aliphatic carbocycles. The number of nitrogens with one attached hydrogen (secondary N) is 2. The highest BCUT2D eigenvalue weighted by molar-refractivity contribution is 7.14. The Hall–Kier alpha value is -3.53. The molecule has 0 aliphatic heterocycles. The number of hydrogen-bond acceptors (Lipinski definition) is 6. The van der Waals surface area contributed by atoms with E-state index in [1.54, 1.807) is 47.5 Å². The largest absolute Gasteiger partial charge is 0.364 e. The number of carbonyl (C=O) groups is 2. The molecule has 0 spiro atoms. The van der Waals surface area contributed by atoms with Crippen LogP contribution in [0.1, 0.15) is 26.5 Å². The minimum Gasteiger partial charge on any atom is -0.364 e. The summed E-state index contributed by atoms with van der Waals surface area (Å²) >= 11 is 1.28. The number of anilines is 1. The Balaban J connectivity index is 1.59. The van der Waals surface area contributed by atoms with Crippen LogP contribution in [0.25, 0.3) is 16.9 Å². The molecule has 4 aromatic rings. The molecule has 9 nitrogen and oxygen atoms in total. The van der Waals surface area contributed by atoms with Gasteiger partial charge in [-0.25, -0.2) is 14.5 Å². The molecule has 4 N–H and O–H groups in total. The lowest BCUT2D eigenvalue weighted by molar-refractivity contribution is 0.0994. The zero-order valence-corrected chi connectivity index (χ0v) is 14.4. The lowest BCUT2D eigenvalue weighted by atomic mass is 10.2. The van der Waals surface area contributed by atoms with Gasteiger partial charge in [0.1, 0.15) is 11.3 Å². The van der Waals surface area contributed by atoms with Gasteiger partial charge in [-0.15, -0.1) is 11.3 Å². The van der Waals surface area contributed by atoms with Crippen LogP contribution in [0.15, 0.2) is 36.1 Å². The predicted molar refractivity (Wildman–Crippen MR) is 96.1 cm³/mol. The van der Waals surface area contributed by atoms with Gasteiger partial charge in [-0.1, -0.05) is 0 Å². The van der Waals surface area contributed by atoms with Gasteiger partial charge in [0.15, 0.2) is 10.8 Å². The van der Waals surface area contributed by atoms with Crippen LogP contribution in [0.5, 0.6) is 0 Å². The van der Waals surface area contributed by atoms with Crippen LogP contribution in [-0.4, -0.2) is 36.4 Å². The molecule has 0 saturated heterocycles. The molecule has 130 valence electrons. The number of aromatic nitrogens is 5. The summed E-state index contributed by atoms with van der Waals surface area (Å²) in [5.74, 6) is -0.875. The minimum atomic E-state index is -0.545. The third-order valence-corrected chi connectivity index (χ3v) is 4.52. The molecular formula is C16H13N7O2S. The van der Waals surface area contributed by atoms with E-state index in [0.29, 0.717) is 39.0 Å². The van der Waals surface area contributed by atoms with E-state index in [1.807, 2.05) is 0 Å². The number of amides is 2.